The smallest absolute Gasteiger partial charge is 0.290 e. The van der Waals surface area contributed by atoms with Gasteiger partial charge < -0.3 is 15.6 Å². The second-order valence-corrected chi connectivity index (χ2v) is 3.77. The molecule has 0 aromatic carbocycles. The molecule has 82 valence electrons. The summed E-state index contributed by atoms with van der Waals surface area (Å²) in [6, 6.07) is 0. The highest BCUT2D eigenvalue weighted by atomic mass is 16.5. The number of rotatable bonds is 3. The number of nitrogens with two attached hydrogens (primary N) is 1. The minimum Gasteiger partial charge on any atom is -0.363 e. The number of aromatic nitrogens is 2. The maximum absolute atomic E-state index is 10.7. The molecule has 0 unspecified atom stereocenters. The van der Waals surface area contributed by atoms with Crippen molar-refractivity contribution in [3.63, 3.8) is 0 Å². The van der Waals surface area contributed by atoms with Gasteiger partial charge in [-0.2, -0.15) is 4.98 Å². The predicted octanol–water partition coefficient (Wildman–Crippen LogP) is -0.289. The molecule has 0 spiro atoms. The van der Waals surface area contributed by atoms with Crippen LogP contribution < -0.4 is 11.1 Å². The van der Waals surface area contributed by atoms with Gasteiger partial charge in [0, 0.05) is 6.42 Å². The predicted molar refractivity (Wildman–Crippen MR) is 52.1 cm³/mol. The summed E-state index contributed by atoms with van der Waals surface area (Å²) in [5, 5.41) is 6.79. The number of hydrogen-bond acceptors (Lipinski definition) is 5. The lowest BCUT2D eigenvalue weighted by Crippen LogP contribution is -2.28. The first-order valence-corrected chi connectivity index (χ1v) is 5.09. The Hall–Kier alpha value is -1.43. The van der Waals surface area contributed by atoms with E-state index in [-0.39, 0.29) is 5.82 Å². The van der Waals surface area contributed by atoms with E-state index in [1.165, 1.54) is 0 Å². The summed E-state index contributed by atoms with van der Waals surface area (Å²) in [4.78, 5) is 14.7. The molecule has 0 bridgehead atoms. The van der Waals surface area contributed by atoms with Gasteiger partial charge in [-0.15, -0.1) is 0 Å². The van der Waals surface area contributed by atoms with Crippen LogP contribution in [-0.4, -0.2) is 29.1 Å². The van der Waals surface area contributed by atoms with Crippen molar-refractivity contribution in [1.82, 2.24) is 15.5 Å². The van der Waals surface area contributed by atoms with Gasteiger partial charge in [-0.1, -0.05) is 5.16 Å². The first kappa shape index (κ1) is 10.1. The largest absolute Gasteiger partial charge is 0.363 e. The van der Waals surface area contributed by atoms with Gasteiger partial charge in [0.15, 0.2) is 0 Å². The van der Waals surface area contributed by atoms with Crippen LogP contribution in [0, 0.1) is 5.92 Å². The molecule has 0 aliphatic carbocycles. The molecule has 3 N–H and O–H groups in total. The van der Waals surface area contributed by atoms with Crippen molar-refractivity contribution in [3.8, 4) is 0 Å². The lowest BCUT2D eigenvalue weighted by atomic mass is 9.95. The number of hydrogen-bond donors (Lipinski definition) is 2. The fourth-order valence-electron chi connectivity index (χ4n) is 1.77. The molecule has 6 heteroatoms. The van der Waals surface area contributed by atoms with Crippen molar-refractivity contribution in [2.45, 2.75) is 19.3 Å². The zero-order chi connectivity index (χ0) is 10.7. The molecule has 1 fully saturated rings. The summed E-state index contributed by atoms with van der Waals surface area (Å²) in [6.07, 6.45) is 2.95. The molecule has 1 aromatic heterocycles. The molecule has 1 amide bonds. The summed E-state index contributed by atoms with van der Waals surface area (Å²) >= 11 is 0. The Labute approximate surface area is 87.2 Å². The maximum Gasteiger partial charge on any atom is 0.290 e. The Kier molecular flexibility index (Phi) is 2.96. The molecule has 6 nitrogen and oxygen atoms in total. The molecule has 2 rings (SSSR count). The van der Waals surface area contributed by atoms with Gasteiger partial charge in [0.05, 0.1) is 0 Å². The third kappa shape index (κ3) is 2.53. The first-order valence-electron chi connectivity index (χ1n) is 5.09. The van der Waals surface area contributed by atoms with Gasteiger partial charge in [0.1, 0.15) is 0 Å². The van der Waals surface area contributed by atoms with Crippen LogP contribution in [0.3, 0.4) is 0 Å². The average Bonchev–Trinajstić information content (AvgIpc) is 2.68. The van der Waals surface area contributed by atoms with Crippen molar-refractivity contribution in [1.29, 1.82) is 0 Å². The quantitative estimate of drug-likeness (QED) is 0.715. The molecule has 0 saturated carbocycles. The highest BCUT2D eigenvalue weighted by molar-refractivity contribution is 5.88. The Morgan fingerprint density at radius 1 is 1.53 bits per heavy atom. The van der Waals surface area contributed by atoms with Crippen LogP contribution in [0.15, 0.2) is 4.52 Å². The van der Waals surface area contributed by atoms with Crippen LogP contribution in [0.4, 0.5) is 0 Å². The lowest BCUT2D eigenvalue weighted by molar-refractivity contribution is 0.0987. The van der Waals surface area contributed by atoms with Crippen LogP contribution in [0.5, 0.6) is 0 Å². The van der Waals surface area contributed by atoms with Gasteiger partial charge in [0.2, 0.25) is 5.89 Å². The van der Waals surface area contributed by atoms with Gasteiger partial charge in [-0.05, 0) is 31.8 Å². The third-order valence-corrected chi connectivity index (χ3v) is 2.61. The topological polar surface area (TPSA) is 94.0 Å². The van der Waals surface area contributed by atoms with Gasteiger partial charge in [-0.3, -0.25) is 4.79 Å². The Morgan fingerprint density at radius 3 is 2.87 bits per heavy atom. The summed E-state index contributed by atoms with van der Waals surface area (Å²) in [5.41, 5.74) is 5.03. The van der Waals surface area contributed by atoms with E-state index in [2.05, 4.69) is 15.5 Å². The lowest BCUT2D eigenvalue weighted by Gasteiger charge is -2.20. The zero-order valence-corrected chi connectivity index (χ0v) is 8.40. The fraction of sp³-hybridized carbons (Fsp3) is 0.667. The van der Waals surface area contributed by atoms with Crippen molar-refractivity contribution in [3.05, 3.63) is 11.7 Å². The van der Waals surface area contributed by atoms with E-state index in [4.69, 9.17) is 10.3 Å². The second kappa shape index (κ2) is 4.39. The van der Waals surface area contributed by atoms with Crippen LogP contribution in [0.1, 0.15) is 29.4 Å². The molecule has 1 aliphatic rings. The number of nitrogens with one attached hydrogen (secondary N) is 1. The van der Waals surface area contributed by atoms with Gasteiger partial charge >= 0.3 is 0 Å². The summed E-state index contributed by atoms with van der Waals surface area (Å²) in [7, 11) is 0. The second-order valence-electron chi connectivity index (χ2n) is 3.77. The number of carbonyl (C=O) groups is 1. The van der Waals surface area contributed by atoms with Crippen molar-refractivity contribution in [2.75, 3.05) is 13.1 Å². The highest BCUT2D eigenvalue weighted by Gasteiger charge is 2.18. The normalized spacial score (nSPS) is 17.9. The number of primary amides is 1. The average molecular weight is 210 g/mol. The summed E-state index contributed by atoms with van der Waals surface area (Å²) in [5.74, 6) is 0.400. The monoisotopic (exact) mass is 210 g/mol. The van der Waals surface area contributed by atoms with Crippen molar-refractivity contribution in [2.24, 2.45) is 11.7 Å². The fourth-order valence-corrected chi connectivity index (χ4v) is 1.77. The summed E-state index contributed by atoms with van der Waals surface area (Å²) < 4.78 is 4.95. The highest BCUT2D eigenvalue weighted by Crippen LogP contribution is 2.16. The van der Waals surface area contributed by atoms with Crippen molar-refractivity contribution < 1.29 is 9.32 Å². The minimum absolute atomic E-state index is 0.0288. The number of carbonyl (C=O) groups excluding carboxylic acids is 1. The molecule has 0 atom stereocenters. The molecule has 1 aliphatic heterocycles. The third-order valence-electron chi connectivity index (χ3n) is 2.61. The molecule has 0 radical (unpaired) electrons. The molecular formula is C9H14N4O2. The van der Waals surface area contributed by atoms with E-state index >= 15 is 0 Å². The van der Waals surface area contributed by atoms with E-state index in [0.717, 1.165) is 32.4 Å². The first-order chi connectivity index (χ1) is 7.25. The van der Waals surface area contributed by atoms with Crippen LogP contribution in [-0.2, 0) is 6.42 Å². The molecular weight excluding hydrogens is 196 g/mol. The van der Waals surface area contributed by atoms with Crippen molar-refractivity contribution >= 4 is 5.91 Å². The van der Waals surface area contributed by atoms with E-state index in [0.29, 0.717) is 11.8 Å². The van der Waals surface area contributed by atoms with E-state index in [1.54, 1.807) is 0 Å². The van der Waals surface area contributed by atoms with Crippen LogP contribution in [0.2, 0.25) is 0 Å². The van der Waals surface area contributed by atoms with Crippen LogP contribution >= 0.6 is 0 Å². The Balaban J connectivity index is 1.94. The molecule has 1 saturated heterocycles. The Morgan fingerprint density at radius 2 is 2.27 bits per heavy atom. The Bertz CT molecular complexity index is 344. The number of amides is 1. The standard InChI is InChI=1S/C9H14N4O2/c10-8(14)9-12-7(15-13-9)5-6-1-3-11-4-2-6/h6,11H,1-5H2,(H2,10,14). The van der Waals surface area contributed by atoms with E-state index in [1.807, 2.05) is 0 Å². The van der Waals surface area contributed by atoms with Crippen LogP contribution in [0.25, 0.3) is 0 Å². The van der Waals surface area contributed by atoms with Gasteiger partial charge in [0.25, 0.3) is 11.7 Å². The molecule has 15 heavy (non-hydrogen) atoms. The molecule has 2 heterocycles. The molecule has 1 aromatic rings. The number of nitrogens with zero attached hydrogens (tertiary/aromatic N) is 2. The SMILES string of the molecule is NC(=O)c1noc(CC2CCNCC2)n1. The van der Waals surface area contributed by atoms with Gasteiger partial charge in [-0.25, -0.2) is 0 Å². The maximum atomic E-state index is 10.7. The minimum atomic E-state index is -0.643. The van der Waals surface area contributed by atoms with E-state index < -0.39 is 5.91 Å². The summed E-state index contributed by atoms with van der Waals surface area (Å²) in [6.45, 7) is 2.06. The van der Waals surface area contributed by atoms with E-state index in [9.17, 15) is 4.79 Å². The number of piperidine rings is 1. The zero-order valence-electron chi connectivity index (χ0n) is 8.40.